The number of aromatic nitrogens is 5. The molecule has 2 N–H and O–H groups in total. The zero-order valence-corrected chi connectivity index (χ0v) is 18.2. The van der Waals surface area contributed by atoms with Crippen molar-refractivity contribution in [1.29, 1.82) is 0 Å². The Morgan fingerprint density at radius 3 is 2.84 bits per heavy atom. The van der Waals surface area contributed by atoms with Crippen molar-refractivity contribution in [1.82, 2.24) is 25.4 Å². The first-order chi connectivity index (χ1) is 15.6. The highest BCUT2D eigenvalue weighted by atomic mass is 32.1. The maximum absolute atomic E-state index is 13.7. The van der Waals surface area contributed by atoms with E-state index in [2.05, 4.69) is 36.0 Å². The van der Waals surface area contributed by atoms with Crippen LogP contribution >= 0.6 is 11.3 Å². The van der Waals surface area contributed by atoms with Crippen LogP contribution in [0, 0.1) is 5.82 Å². The lowest BCUT2D eigenvalue weighted by atomic mass is 10.1. The van der Waals surface area contributed by atoms with Crippen LogP contribution in [0.2, 0.25) is 0 Å². The number of benzene rings is 1. The van der Waals surface area contributed by atoms with Crippen LogP contribution in [0.3, 0.4) is 0 Å². The molecule has 1 aliphatic rings. The molecule has 4 rings (SSSR count). The number of halogens is 1. The Bertz CT molecular complexity index is 1070. The summed E-state index contributed by atoms with van der Waals surface area (Å²) in [7, 11) is 2.75. The summed E-state index contributed by atoms with van der Waals surface area (Å²) in [5, 5.41) is 22.9. The summed E-state index contributed by atoms with van der Waals surface area (Å²) >= 11 is 1.21. The van der Waals surface area contributed by atoms with Gasteiger partial charge in [0.25, 0.3) is 5.91 Å². The van der Waals surface area contributed by atoms with Gasteiger partial charge in [0.2, 0.25) is 16.2 Å². The molecule has 32 heavy (non-hydrogen) atoms. The fraction of sp³-hybridized carbons (Fsp3) is 0.368. The average molecular weight is 460 g/mol. The molecular formula is C19H21FN8O3S. The first-order valence-electron chi connectivity index (χ1n) is 9.73. The molecule has 11 nitrogen and oxygen atoms in total. The van der Waals surface area contributed by atoms with Crippen LogP contribution in [-0.2, 0) is 9.53 Å². The number of carbonyl (C=O) groups excluding carboxylic acids is 1. The predicted molar refractivity (Wildman–Crippen MR) is 115 cm³/mol. The van der Waals surface area contributed by atoms with Crippen molar-refractivity contribution in [3.63, 3.8) is 0 Å². The molecule has 2 aromatic heterocycles. The lowest BCUT2D eigenvalue weighted by molar-refractivity contribution is -0.126. The van der Waals surface area contributed by atoms with Crippen molar-refractivity contribution in [2.75, 3.05) is 42.8 Å². The van der Waals surface area contributed by atoms with Gasteiger partial charge in [-0.3, -0.25) is 10.1 Å². The monoisotopic (exact) mass is 460 g/mol. The first kappa shape index (κ1) is 21.8. The van der Waals surface area contributed by atoms with Crippen molar-refractivity contribution < 1.29 is 18.7 Å². The summed E-state index contributed by atoms with van der Waals surface area (Å²) in [6.07, 6.45) is 3.05. The minimum atomic E-state index is -0.965. The van der Waals surface area contributed by atoms with Gasteiger partial charge in [-0.2, -0.15) is 5.10 Å². The third kappa shape index (κ3) is 4.89. The summed E-state index contributed by atoms with van der Waals surface area (Å²) in [5.41, 5.74) is 0.454. The van der Waals surface area contributed by atoms with Crippen molar-refractivity contribution in [3.05, 3.63) is 42.0 Å². The van der Waals surface area contributed by atoms with E-state index >= 15 is 0 Å². The third-order valence-corrected chi connectivity index (χ3v) is 5.65. The number of rotatable bonds is 8. The number of anilines is 3. The van der Waals surface area contributed by atoms with Gasteiger partial charge in [-0.25, -0.2) is 9.37 Å². The molecule has 168 valence electrons. The predicted octanol–water partition coefficient (Wildman–Crippen LogP) is 1.89. The molecule has 0 bridgehead atoms. The van der Waals surface area contributed by atoms with E-state index < -0.39 is 17.8 Å². The number of amides is 1. The molecule has 3 heterocycles. The number of ether oxygens (including phenoxy) is 2. The molecule has 1 aliphatic heterocycles. The lowest BCUT2D eigenvalue weighted by Crippen LogP contribution is -2.27. The van der Waals surface area contributed by atoms with Crippen LogP contribution < -0.4 is 20.3 Å². The van der Waals surface area contributed by atoms with Gasteiger partial charge in [0, 0.05) is 26.2 Å². The lowest BCUT2D eigenvalue weighted by Gasteiger charge is -2.15. The number of hydrogen-bond donors (Lipinski definition) is 2. The average Bonchev–Trinajstić information content (AvgIpc) is 3.46. The van der Waals surface area contributed by atoms with E-state index in [1.54, 1.807) is 6.20 Å². The summed E-state index contributed by atoms with van der Waals surface area (Å²) in [5.74, 6) is -0.358. The summed E-state index contributed by atoms with van der Waals surface area (Å²) < 4.78 is 24.0. The van der Waals surface area contributed by atoms with Crippen LogP contribution in [-0.4, -0.2) is 64.6 Å². The Labute approximate surface area is 187 Å². The third-order valence-electron chi connectivity index (χ3n) is 4.88. The molecule has 0 unspecified atom stereocenters. The van der Waals surface area contributed by atoms with Crippen LogP contribution in [0.4, 0.5) is 20.6 Å². The maximum atomic E-state index is 13.7. The fourth-order valence-corrected chi connectivity index (χ4v) is 4.08. The summed E-state index contributed by atoms with van der Waals surface area (Å²) in [4.78, 5) is 19.0. The highest BCUT2D eigenvalue weighted by Crippen LogP contribution is 2.28. The van der Waals surface area contributed by atoms with Gasteiger partial charge in [0.1, 0.15) is 0 Å². The van der Waals surface area contributed by atoms with Gasteiger partial charge in [-0.1, -0.05) is 17.4 Å². The molecule has 0 radical (unpaired) electrons. The van der Waals surface area contributed by atoms with Gasteiger partial charge < -0.3 is 19.7 Å². The highest BCUT2D eigenvalue weighted by molar-refractivity contribution is 7.19. The van der Waals surface area contributed by atoms with Gasteiger partial charge in [-0.05, 0) is 24.1 Å². The Morgan fingerprint density at radius 1 is 1.25 bits per heavy atom. The first-order valence-corrected chi connectivity index (χ1v) is 10.5. The molecule has 13 heteroatoms. The second-order valence-electron chi connectivity index (χ2n) is 6.93. The van der Waals surface area contributed by atoms with E-state index in [-0.39, 0.29) is 11.8 Å². The van der Waals surface area contributed by atoms with Gasteiger partial charge in [0.15, 0.2) is 17.7 Å². The van der Waals surface area contributed by atoms with E-state index in [0.717, 1.165) is 13.0 Å². The minimum absolute atomic E-state index is 0.0297. The molecule has 0 aliphatic carbocycles. The molecular weight excluding hydrogens is 439 g/mol. The van der Waals surface area contributed by atoms with E-state index in [4.69, 9.17) is 9.47 Å². The largest absolute Gasteiger partial charge is 0.494 e. The Kier molecular flexibility index (Phi) is 6.66. The number of methoxy groups -OCH3 is 2. The van der Waals surface area contributed by atoms with Gasteiger partial charge in [-0.15, -0.1) is 15.3 Å². The zero-order chi connectivity index (χ0) is 22.5. The Balaban J connectivity index is 1.36. The molecule has 1 fully saturated rings. The van der Waals surface area contributed by atoms with E-state index in [1.807, 2.05) is 4.90 Å². The molecule has 3 aromatic rings. The molecule has 1 aromatic carbocycles. The van der Waals surface area contributed by atoms with Crippen LogP contribution in [0.25, 0.3) is 0 Å². The van der Waals surface area contributed by atoms with Crippen molar-refractivity contribution >= 4 is 33.5 Å². The maximum Gasteiger partial charge on any atom is 0.259 e. The topological polar surface area (TPSA) is 127 Å². The molecule has 1 amide bonds. The van der Waals surface area contributed by atoms with Crippen LogP contribution in [0.5, 0.6) is 5.75 Å². The minimum Gasteiger partial charge on any atom is -0.494 e. The SMILES string of the molecule is COc1cc([C@H](OC)C(=O)Nc2nnc(N[C@H]3CCN(c4nccnn4)C3)s2)ccc1F. The smallest absolute Gasteiger partial charge is 0.259 e. The molecule has 1 saturated heterocycles. The number of nitrogens with one attached hydrogen (secondary N) is 2. The van der Waals surface area contributed by atoms with Crippen molar-refractivity contribution in [2.24, 2.45) is 0 Å². The molecule has 2 atom stereocenters. The Hall–Kier alpha value is -3.45. The summed E-state index contributed by atoms with van der Waals surface area (Å²) in [6, 6.07) is 4.25. The van der Waals surface area contributed by atoms with E-state index in [9.17, 15) is 9.18 Å². The second kappa shape index (κ2) is 9.78. The van der Waals surface area contributed by atoms with Crippen LogP contribution in [0.15, 0.2) is 30.6 Å². The standard InChI is InChI=1S/C19H21FN8O3S/c1-30-14-9-11(3-4-13(14)20)15(31-2)16(29)24-19-27-26-18(32-19)23-12-5-8-28(10-12)17-21-6-7-22-25-17/h3-4,6-7,9,12,15H,5,8,10H2,1-2H3,(H,23,26)(H,24,27,29)/t12-,15-/m0/s1. The number of carbonyl (C=O) groups is 1. The van der Waals surface area contributed by atoms with Gasteiger partial charge in [0.05, 0.1) is 19.5 Å². The number of nitrogens with zero attached hydrogens (tertiary/aromatic N) is 6. The van der Waals surface area contributed by atoms with E-state index in [1.165, 1.54) is 50.0 Å². The Morgan fingerprint density at radius 2 is 2.09 bits per heavy atom. The molecule has 0 saturated carbocycles. The van der Waals surface area contributed by atoms with Crippen molar-refractivity contribution in [3.8, 4) is 5.75 Å². The van der Waals surface area contributed by atoms with Gasteiger partial charge >= 0.3 is 0 Å². The normalized spacial score (nSPS) is 16.6. The zero-order valence-electron chi connectivity index (χ0n) is 17.4. The second-order valence-corrected chi connectivity index (χ2v) is 7.91. The highest BCUT2D eigenvalue weighted by Gasteiger charge is 2.26. The van der Waals surface area contributed by atoms with Crippen LogP contribution in [0.1, 0.15) is 18.1 Å². The molecule has 0 spiro atoms. The number of hydrogen-bond acceptors (Lipinski definition) is 11. The van der Waals surface area contributed by atoms with E-state index in [0.29, 0.717) is 28.3 Å². The fourth-order valence-electron chi connectivity index (χ4n) is 3.36. The quantitative estimate of drug-likeness (QED) is 0.514. The van der Waals surface area contributed by atoms with Crippen molar-refractivity contribution in [2.45, 2.75) is 18.6 Å². The summed E-state index contributed by atoms with van der Waals surface area (Å²) in [6.45, 7) is 1.49.